The summed E-state index contributed by atoms with van der Waals surface area (Å²) < 4.78 is 41.2. The third kappa shape index (κ3) is 7.60. The van der Waals surface area contributed by atoms with E-state index in [0.29, 0.717) is 12.5 Å². The number of hydrogen-bond donors (Lipinski definition) is 1. The third-order valence-electron chi connectivity index (χ3n) is 3.08. The molecule has 0 saturated carbocycles. The average Bonchev–Trinajstić information content (AvgIpc) is 2.68. The summed E-state index contributed by atoms with van der Waals surface area (Å²) >= 11 is 0. The maximum Gasteiger partial charge on any atom is 0.389 e. The molecule has 0 amide bonds. The van der Waals surface area contributed by atoms with Gasteiger partial charge in [-0.25, -0.2) is 0 Å². The molecule has 0 aromatic rings. The van der Waals surface area contributed by atoms with Crippen LogP contribution >= 0.6 is 0 Å². The SMILES string of the molecule is CC(CCCC(F)(F)F)NCCC1CCCO1. The van der Waals surface area contributed by atoms with E-state index in [0.717, 1.165) is 32.4 Å². The first kappa shape index (κ1) is 14.8. The second kappa shape index (κ2) is 7.21. The molecule has 102 valence electrons. The monoisotopic (exact) mass is 253 g/mol. The Morgan fingerprint density at radius 2 is 2.18 bits per heavy atom. The standard InChI is InChI=1S/C12H22F3NO/c1-10(4-2-7-12(13,14)15)16-8-6-11-5-3-9-17-11/h10-11,16H,2-9H2,1H3. The topological polar surface area (TPSA) is 21.3 Å². The minimum Gasteiger partial charge on any atom is -0.378 e. The minimum atomic E-state index is -4.02. The van der Waals surface area contributed by atoms with Gasteiger partial charge >= 0.3 is 6.18 Å². The predicted octanol–water partition coefficient (Wildman–Crippen LogP) is 3.27. The number of ether oxygens (including phenoxy) is 1. The van der Waals surface area contributed by atoms with Crippen molar-refractivity contribution in [2.45, 2.75) is 63.8 Å². The van der Waals surface area contributed by atoms with Crippen LogP contribution in [-0.4, -0.2) is 31.5 Å². The summed E-state index contributed by atoms with van der Waals surface area (Å²) in [5.41, 5.74) is 0. The van der Waals surface area contributed by atoms with Gasteiger partial charge in [0.15, 0.2) is 0 Å². The second-order valence-electron chi connectivity index (χ2n) is 4.79. The van der Waals surface area contributed by atoms with Crippen molar-refractivity contribution in [3.63, 3.8) is 0 Å². The van der Waals surface area contributed by atoms with E-state index in [4.69, 9.17) is 4.74 Å². The lowest BCUT2D eigenvalue weighted by atomic mass is 10.1. The van der Waals surface area contributed by atoms with Gasteiger partial charge in [0.05, 0.1) is 6.10 Å². The average molecular weight is 253 g/mol. The fourth-order valence-corrected chi connectivity index (χ4v) is 2.07. The molecule has 17 heavy (non-hydrogen) atoms. The van der Waals surface area contributed by atoms with Crippen molar-refractivity contribution in [1.29, 1.82) is 0 Å². The molecular weight excluding hydrogens is 231 g/mol. The maximum absolute atomic E-state index is 11.9. The molecule has 2 nitrogen and oxygen atoms in total. The van der Waals surface area contributed by atoms with Crippen molar-refractivity contribution in [2.24, 2.45) is 0 Å². The highest BCUT2D eigenvalue weighted by molar-refractivity contribution is 4.68. The summed E-state index contributed by atoms with van der Waals surface area (Å²) in [4.78, 5) is 0. The normalized spacial score (nSPS) is 22.9. The van der Waals surface area contributed by atoms with Crippen LogP contribution in [0, 0.1) is 0 Å². The van der Waals surface area contributed by atoms with Crippen molar-refractivity contribution in [2.75, 3.05) is 13.2 Å². The van der Waals surface area contributed by atoms with Crippen LogP contribution in [0.2, 0.25) is 0 Å². The minimum absolute atomic E-state index is 0.152. The quantitative estimate of drug-likeness (QED) is 0.752. The smallest absolute Gasteiger partial charge is 0.378 e. The lowest BCUT2D eigenvalue weighted by Gasteiger charge is -2.16. The highest BCUT2D eigenvalue weighted by Gasteiger charge is 2.26. The fraction of sp³-hybridized carbons (Fsp3) is 1.00. The van der Waals surface area contributed by atoms with Gasteiger partial charge in [0, 0.05) is 19.1 Å². The lowest BCUT2D eigenvalue weighted by Crippen LogP contribution is -2.29. The molecule has 0 aromatic carbocycles. The van der Waals surface area contributed by atoms with E-state index in [-0.39, 0.29) is 12.5 Å². The van der Waals surface area contributed by atoms with Crippen LogP contribution in [0.5, 0.6) is 0 Å². The van der Waals surface area contributed by atoms with E-state index in [9.17, 15) is 13.2 Å². The molecule has 1 aliphatic heterocycles. The van der Waals surface area contributed by atoms with Crippen molar-refractivity contribution in [3.05, 3.63) is 0 Å². The first-order chi connectivity index (χ1) is 7.97. The maximum atomic E-state index is 11.9. The van der Waals surface area contributed by atoms with Gasteiger partial charge in [0.1, 0.15) is 0 Å². The molecule has 1 rings (SSSR count). The first-order valence-electron chi connectivity index (χ1n) is 6.39. The van der Waals surface area contributed by atoms with Crippen LogP contribution in [0.15, 0.2) is 0 Å². The summed E-state index contributed by atoms with van der Waals surface area (Å²) in [5, 5.41) is 3.25. The summed E-state index contributed by atoms with van der Waals surface area (Å²) in [5.74, 6) is 0. The molecular formula is C12H22F3NO. The Bertz CT molecular complexity index is 202. The molecule has 2 unspecified atom stereocenters. The van der Waals surface area contributed by atoms with Crippen molar-refractivity contribution in [3.8, 4) is 0 Å². The molecule has 5 heteroatoms. The van der Waals surface area contributed by atoms with Crippen LogP contribution < -0.4 is 5.32 Å². The molecule has 0 aliphatic carbocycles. The van der Waals surface area contributed by atoms with Gasteiger partial charge in [0.2, 0.25) is 0 Å². The molecule has 1 fully saturated rings. The Hall–Kier alpha value is -0.290. The molecule has 0 aromatic heterocycles. The molecule has 0 bridgehead atoms. The zero-order chi connectivity index (χ0) is 12.7. The van der Waals surface area contributed by atoms with Gasteiger partial charge < -0.3 is 10.1 Å². The highest BCUT2D eigenvalue weighted by atomic mass is 19.4. The summed E-state index contributed by atoms with van der Waals surface area (Å²) in [6.45, 7) is 3.62. The summed E-state index contributed by atoms with van der Waals surface area (Å²) in [6.07, 6.45) is -0.352. The van der Waals surface area contributed by atoms with E-state index >= 15 is 0 Å². The Morgan fingerprint density at radius 1 is 1.41 bits per heavy atom. The molecule has 1 saturated heterocycles. The Kier molecular flexibility index (Phi) is 6.27. The number of nitrogens with one attached hydrogen (secondary N) is 1. The summed E-state index contributed by atoms with van der Waals surface area (Å²) in [6, 6.07) is 0.152. The number of alkyl halides is 3. The molecule has 1 N–H and O–H groups in total. The van der Waals surface area contributed by atoms with Crippen molar-refractivity contribution < 1.29 is 17.9 Å². The van der Waals surface area contributed by atoms with Gasteiger partial charge in [-0.15, -0.1) is 0 Å². The first-order valence-corrected chi connectivity index (χ1v) is 6.39. The molecule has 0 radical (unpaired) electrons. The zero-order valence-electron chi connectivity index (χ0n) is 10.4. The van der Waals surface area contributed by atoms with Gasteiger partial charge in [-0.3, -0.25) is 0 Å². The van der Waals surface area contributed by atoms with E-state index < -0.39 is 12.6 Å². The van der Waals surface area contributed by atoms with Gasteiger partial charge in [-0.2, -0.15) is 13.2 Å². The van der Waals surface area contributed by atoms with Crippen LogP contribution in [0.25, 0.3) is 0 Å². The predicted molar refractivity (Wildman–Crippen MR) is 61.0 cm³/mol. The largest absolute Gasteiger partial charge is 0.389 e. The van der Waals surface area contributed by atoms with Gasteiger partial charge in [-0.1, -0.05) is 0 Å². The molecule has 2 atom stereocenters. The highest BCUT2D eigenvalue weighted by Crippen LogP contribution is 2.22. The summed E-state index contributed by atoms with van der Waals surface area (Å²) in [7, 11) is 0. The van der Waals surface area contributed by atoms with Gasteiger partial charge in [-0.05, 0) is 45.6 Å². The Morgan fingerprint density at radius 3 is 2.76 bits per heavy atom. The van der Waals surface area contributed by atoms with Crippen LogP contribution in [-0.2, 0) is 4.74 Å². The van der Waals surface area contributed by atoms with Gasteiger partial charge in [0.25, 0.3) is 0 Å². The van der Waals surface area contributed by atoms with E-state index in [1.807, 2.05) is 6.92 Å². The molecule has 1 heterocycles. The van der Waals surface area contributed by atoms with Crippen LogP contribution in [0.4, 0.5) is 13.2 Å². The van der Waals surface area contributed by atoms with E-state index in [2.05, 4.69) is 5.32 Å². The second-order valence-corrected chi connectivity index (χ2v) is 4.79. The number of rotatable bonds is 7. The van der Waals surface area contributed by atoms with E-state index in [1.165, 1.54) is 0 Å². The Labute approximate surface area is 101 Å². The number of hydrogen-bond acceptors (Lipinski definition) is 2. The molecule has 1 aliphatic rings. The van der Waals surface area contributed by atoms with Crippen LogP contribution in [0.3, 0.4) is 0 Å². The lowest BCUT2D eigenvalue weighted by molar-refractivity contribution is -0.135. The fourth-order valence-electron chi connectivity index (χ4n) is 2.07. The van der Waals surface area contributed by atoms with Crippen molar-refractivity contribution in [1.82, 2.24) is 5.32 Å². The van der Waals surface area contributed by atoms with Crippen molar-refractivity contribution >= 4 is 0 Å². The number of halogens is 3. The Balaban J connectivity index is 1.95. The van der Waals surface area contributed by atoms with E-state index in [1.54, 1.807) is 0 Å². The molecule has 0 spiro atoms. The van der Waals surface area contributed by atoms with Crippen LogP contribution in [0.1, 0.15) is 45.4 Å². The third-order valence-corrected chi connectivity index (χ3v) is 3.08. The zero-order valence-corrected chi connectivity index (χ0v) is 10.4.